The average molecular weight is 251 g/mol. The Morgan fingerprint density at radius 2 is 2.06 bits per heavy atom. The van der Waals surface area contributed by atoms with E-state index >= 15 is 0 Å². The molecule has 1 aliphatic rings. The van der Waals surface area contributed by atoms with Gasteiger partial charge in [-0.15, -0.1) is 0 Å². The minimum absolute atomic E-state index is 0.211. The fourth-order valence-electron chi connectivity index (χ4n) is 2.08. The zero-order valence-corrected chi connectivity index (χ0v) is 10.3. The first-order valence-electron chi connectivity index (χ1n) is 6.25. The van der Waals surface area contributed by atoms with Crippen LogP contribution in [-0.2, 0) is 6.54 Å². The van der Waals surface area contributed by atoms with Crippen LogP contribution in [0.4, 0.5) is 14.9 Å². The molecule has 0 saturated carbocycles. The Balaban J connectivity index is 2.02. The first-order chi connectivity index (χ1) is 8.70. The number of carbonyl (C=O) groups is 1. The summed E-state index contributed by atoms with van der Waals surface area (Å²) in [6.45, 7) is 1.78. The molecule has 1 saturated heterocycles. The number of amides is 2. The summed E-state index contributed by atoms with van der Waals surface area (Å²) in [5.41, 5.74) is 6.35. The number of urea groups is 1. The molecule has 5 heteroatoms. The largest absolute Gasteiger partial charge is 0.326 e. The third kappa shape index (κ3) is 2.98. The quantitative estimate of drug-likeness (QED) is 0.847. The summed E-state index contributed by atoms with van der Waals surface area (Å²) in [4.78, 5) is 13.6. The number of nitrogens with two attached hydrogens (primary N) is 1. The van der Waals surface area contributed by atoms with Gasteiger partial charge in [0.25, 0.3) is 0 Å². The summed E-state index contributed by atoms with van der Waals surface area (Å²) >= 11 is 0. The molecule has 1 aromatic carbocycles. The summed E-state index contributed by atoms with van der Waals surface area (Å²) < 4.78 is 13.7. The number of nitrogens with zero attached hydrogens (tertiary/aromatic N) is 1. The van der Waals surface area contributed by atoms with Gasteiger partial charge in [-0.05, 0) is 37.0 Å². The number of likely N-dealkylation sites (tertiary alicyclic amines) is 1. The lowest BCUT2D eigenvalue weighted by Gasteiger charge is -2.26. The van der Waals surface area contributed by atoms with Crippen LogP contribution in [0.25, 0.3) is 0 Å². The Morgan fingerprint density at radius 3 is 2.67 bits per heavy atom. The van der Waals surface area contributed by atoms with Gasteiger partial charge in [0.15, 0.2) is 0 Å². The van der Waals surface area contributed by atoms with Crippen LogP contribution in [0.3, 0.4) is 0 Å². The van der Waals surface area contributed by atoms with Crippen molar-refractivity contribution in [3.63, 3.8) is 0 Å². The van der Waals surface area contributed by atoms with Crippen LogP contribution in [-0.4, -0.2) is 24.0 Å². The minimum Gasteiger partial charge on any atom is -0.326 e. The monoisotopic (exact) mass is 251 g/mol. The predicted octanol–water partition coefficient (Wildman–Crippen LogP) is 2.30. The molecule has 3 N–H and O–H groups in total. The van der Waals surface area contributed by atoms with Gasteiger partial charge in [-0.2, -0.15) is 0 Å². The van der Waals surface area contributed by atoms with Crippen LogP contribution < -0.4 is 11.1 Å². The van der Waals surface area contributed by atoms with E-state index in [1.807, 2.05) is 0 Å². The SMILES string of the molecule is NCc1ccc(NC(=O)N2CCCCC2)c(F)c1. The van der Waals surface area contributed by atoms with E-state index in [4.69, 9.17) is 5.73 Å². The van der Waals surface area contributed by atoms with Gasteiger partial charge in [0.2, 0.25) is 0 Å². The molecule has 98 valence electrons. The highest BCUT2D eigenvalue weighted by atomic mass is 19.1. The third-order valence-corrected chi connectivity index (χ3v) is 3.15. The van der Waals surface area contributed by atoms with Crippen molar-refractivity contribution in [2.75, 3.05) is 18.4 Å². The summed E-state index contributed by atoms with van der Waals surface area (Å²) in [5.74, 6) is -0.441. The Bertz CT molecular complexity index is 430. The molecule has 1 aromatic rings. The second-order valence-electron chi connectivity index (χ2n) is 4.50. The van der Waals surface area contributed by atoms with Crippen molar-refractivity contribution in [2.24, 2.45) is 5.73 Å². The second-order valence-corrected chi connectivity index (χ2v) is 4.50. The minimum atomic E-state index is -0.441. The zero-order valence-electron chi connectivity index (χ0n) is 10.3. The van der Waals surface area contributed by atoms with E-state index in [2.05, 4.69) is 5.32 Å². The van der Waals surface area contributed by atoms with Gasteiger partial charge in [-0.25, -0.2) is 9.18 Å². The molecule has 0 aliphatic carbocycles. The molecule has 1 heterocycles. The molecule has 0 aromatic heterocycles. The van der Waals surface area contributed by atoms with Gasteiger partial charge in [-0.3, -0.25) is 0 Å². The average Bonchev–Trinajstić information content (AvgIpc) is 2.42. The molecule has 0 unspecified atom stereocenters. The Morgan fingerprint density at radius 1 is 1.33 bits per heavy atom. The molecule has 1 aliphatic heterocycles. The van der Waals surface area contributed by atoms with Gasteiger partial charge in [-0.1, -0.05) is 6.07 Å². The standard InChI is InChI=1S/C13H18FN3O/c14-11-8-10(9-15)4-5-12(11)16-13(18)17-6-2-1-3-7-17/h4-5,8H,1-3,6-7,9,15H2,(H,16,18). The molecule has 4 nitrogen and oxygen atoms in total. The number of benzene rings is 1. The van der Waals surface area contributed by atoms with Crippen molar-refractivity contribution in [3.8, 4) is 0 Å². The maximum atomic E-state index is 13.7. The van der Waals surface area contributed by atoms with E-state index in [-0.39, 0.29) is 18.3 Å². The van der Waals surface area contributed by atoms with Gasteiger partial charge in [0, 0.05) is 19.6 Å². The zero-order chi connectivity index (χ0) is 13.0. The number of anilines is 1. The molecular formula is C13H18FN3O. The lowest BCUT2D eigenvalue weighted by atomic mass is 10.1. The number of rotatable bonds is 2. The Labute approximate surface area is 106 Å². The van der Waals surface area contributed by atoms with E-state index in [0.29, 0.717) is 5.56 Å². The van der Waals surface area contributed by atoms with Gasteiger partial charge in [0.05, 0.1) is 5.69 Å². The fourth-order valence-corrected chi connectivity index (χ4v) is 2.08. The Kier molecular flexibility index (Phi) is 4.15. The maximum absolute atomic E-state index is 13.7. The number of halogens is 1. The number of hydrogen-bond acceptors (Lipinski definition) is 2. The molecule has 18 heavy (non-hydrogen) atoms. The van der Waals surface area contributed by atoms with Crippen molar-refractivity contribution in [1.82, 2.24) is 4.90 Å². The van der Waals surface area contributed by atoms with Crippen LogP contribution in [0.1, 0.15) is 24.8 Å². The molecule has 2 rings (SSSR count). The van der Waals surface area contributed by atoms with Crippen LogP contribution in [0.2, 0.25) is 0 Å². The van der Waals surface area contributed by atoms with Crippen molar-refractivity contribution >= 4 is 11.7 Å². The lowest BCUT2D eigenvalue weighted by molar-refractivity contribution is 0.200. The van der Waals surface area contributed by atoms with Crippen molar-refractivity contribution in [2.45, 2.75) is 25.8 Å². The molecule has 0 atom stereocenters. The molecule has 2 amide bonds. The van der Waals surface area contributed by atoms with E-state index in [9.17, 15) is 9.18 Å². The number of hydrogen-bond donors (Lipinski definition) is 2. The summed E-state index contributed by atoms with van der Waals surface area (Å²) in [7, 11) is 0. The fraction of sp³-hybridized carbons (Fsp3) is 0.462. The molecule has 0 spiro atoms. The second kappa shape index (κ2) is 5.82. The summed E-state index contributed by atoms with van der Waals surface area (Å²) in [6, 6.07) is 4.40. The smallest absolute Gasteiger partial charge is 0.321 e. The topological polar surface area (TPSA) is 58.4 Å². The first kappa shape index (κ1) is 12.8. The first-order valence-corrected chi connectivity index (χ1v) is 6.25. The predicted molar refractivity (Wildman–Crippen MR) is 68.7 cm³/mol. The van der Waals surface area contributed by atoms with Gasteiger partial charge < -0.3 is 16.0 Å². The Hall–Kier alpha value is -1.62. The third-order valence-electron chi connectivity index (χ3n) is 3.15. The highest BCUT2D eigenvalue weighted by molar-refractivity contribution is 5.89. The molecule has 1 fully saturated rings. The van der Waals surface area contributed by atoms with E-state index in [1.165, 1.54) is 6.07 Å². The summed E-state index contributed by atoms with van der Waals surface area (Å²) in [5, 5.41) is 2.60. The summed E-state index contributed by atoms with van der Waals surface area (Å²) in [6.07, 6.45) is 3.19. The highest BCUT2D eigenvalue weighted by Crippen LogP contribution is 2.17. The molecular weight excluding hydrogens is 233 g/mol. The lowest BCUT2D eigenvalue weighted by Crippen LogP contribution is -2.38. The van der Waals surface area contributed by atoms with Gasteiger partial charge >= 0.3 is 6.03 Å². The highest BCUT2D eigenvalue weighted by Gasteiger charge is 2.17. The van der Waals surface area contributed by atoms with Crippen LogP contribution in [0.5, 0.6) is 0 Å². The maximum Gasteiger partial charge on any atom is 0.321 e. The molecule has 0 bridgehead atoms. The normalized spacial score (nSPS) is 15.6. The van der Waals surface area contributed by atoms with Crippen molar-refractivity contribution in [1.29, 1.82) is 0 Å². The van der Waals surface area contributed by atoms with Crippen LogP contribution in [0, 0.1) is 5.82 Å². The van der Waals surface area contributed by atoms with E-state index in [1.54, 1.807) is 17.0 Å². The number of nitrogens with one attached hydrogen (secondary N) is 1. The van der Waals surface area contributed by atoms with Crippen molar-refractivity contribution in [3.05, 3.63) is 29.6 Å². The molecule has 0 radical (unpaired) electrons. The van der Waals surface area contributed by atoms with Gasteiger partial charge in [0.1, 0.15) is 5.82 Å². The number of carbonyl (C=O) groups excluding carboxylic acids is 1. The number of piperidine rings is 1. The van der Waals surface area contributed by atoms with Crippen LogP contribution >= 0.6 is 0 Å². The van der Waals surface area contributed by atoms with Crippen molar-refractivity contribution < 1.29 is 9.18 Å². The van der Waals surface area contributed by atoms with Crippen LogP contribution in [0.15, 0.2) is 18.2 Å². The van der Waals surface area contributed by atoms with E-state index in [0.717, 1.165) is 32.4 Å². The van der Waals surface area contributed by atoms with E-state index < -0.39 is 5.82 Å².